The van der Waals surface area contributed by atoms with Gasteiger partial charge in [0.05, 0.1) is 0 Å². The maximum absolute atomic E-state index is 12.0. The van der Waals surface area contributed by atoms with Crippen LogP contribution in [0.3, 0.4) is 0 Å². The van der Waals surface area contributed by atoms with Crippen molar-refractivity contribution >= 4 is 29.1 Å². The van der Waals surface area contributed by atoms with Crippen LogP contribution in [0, 0.1) is 0 Å². The van der Waals surface area contributed by atoms with Crippen LogP contribution in [0.25, 0.3) is 0 Å². The number of benzene rings is 1. The third kappa shape index (κ3) is 4.29. The summed E-state index contributed by atoms with van der Waals surface area (Å²) in [5.74, 6) is 0.412. The summed E-state index contributed by atoms with van der Waals surface area (Å²) in [5.41, 5.74) is 0. The third-order valence-corrected chi connectivity index (χ3v) is 3.66. The largest absolute Gasteiger partial charge is 0.481 e. The van der Waals surface area contributed by atoms with Gasteiger partial charge in [0, 0.05) is 16.1 Å². The molecule has 1 aromatic rings. The standard InChI is InChI=1S/C14H17Cl2NO2/c1-9(14(18)17-12-4-2-3-5-12)19-13-7-10(15)6-11(16)8-13/h6-9,12H,2-5H2,1H3,(H,17,18)/t9-/m1/s1. The highest BCUT2D eigenvalue weighted by atomic mass is 35.5. The van der Waals surface area contributed by atoms with E-state index in [-0.39, 0.29) is 5.91 Å². The van der Waals surface area contributed by atoms with Gasteiger partial charge in [-0.15, -0.1) is 0 Å². The van der Waals surface area contributed by atoms with Gasteiger partial charge >= 0.3 is 0 Å². The molecular weight excluding hydrogens is 285 g/mol. The Hall–Kier alpha value is -0.930. The number of hydrogen-bond donors (Lipinski definition) is 1. The second-order valence-electron chi connectivity index (χ2n) is 4.86. The number of carbonyl (C=O) groups is 1. The van der Waals surface area contributed by atoms with Gasteiger partial charge in [-0.3, -0.25) is 4.79 Å². The van der Waals surface area contributed by atoms with Gasteiger partial charge < -0.3 is 10.1 Å². The fraction of sp³-hybridized carbons (Fsp3) is 0.500. The molecule has 1 fully saturated rings. The zero-order valence-electron chi connectivity index (χ0n) is 10.8. The lowest BCUT2D eigenvalue weighted by atomic mass is 10.2. The Morgan fingerprint density at radius 3 is 2.42 bits per heavy atom. The molecule has 1 aliphatic carbocycles. The highest BCUT2D eigenvalue weighted by Gasteiger charge is 2.21. The number of ether oxygens (including phenoxy) is 1. The van der Waals surface area contributed by atoms with Gasteiger partial charge in [-0.1, -0.05) is 36.0 Å². The quantitative estimate of drug-likeness (QED) is 0.918. The Morgan fingerprint density at radius 2 is 1.84 bits per heavy atom. The SMILES string of the molecule is C[C@@H](Oc1cc(Cl)cc(Cl)c1)C(=O)NC1CCCC1. The van der Waals surface area contributed by atoms with Gasteiger partial charge in [0.25, 0.3) is 5.91 Å². The van der Waals surface area contributed by atoms with Crippen molar-refractivity contribution in [1.82, 2.24) is 5.32 Å². The molecule has 2 rings (SSSR count). The lowest BCUT2D eigenvalue weighted by Gasteiger charge is -2.18. The maximum atomic E-state index is 12.0. The maximum Gasteiger partial charge on any atom is 0.260 e. The molecule has 0 spiro atoms. The minimum Gasteiger partial charge on any atom is -0.481 e. The van der Waals surface area contributed by atoms with E-state index >= 15 is 0 Å². The number of amides is 1. The van der Waals surface area contributed by atoms with Gasteiger partial charge in [-0.25, -0.2) is 0 Å². The molecule has 1 N–H and O–H groups in total. The molecular formula is C14H17Cl2NO2. The molecule has 0 unspecified atom stereocenters. The smallest absolute Gasteiger partial charge is 0.260 e. The van der Waals surface area contributed by atoms with Crippen LogP contribution in [-0.2, 0) is 4.79 Å². The van der Waals surface area contributed by atoms with Crippen LogP contribution in [0.1, 0.15) is 32.6 Å². The van der Waals surface area contributed by atoms with Crippen LogP contribution in [0.5, 0.6) is 5.75 Å². The van der Waals surface area contributed by atoms with Crippen molar-refractivity contribution in [3.8, 4) is 5.75 Å². The monoisotopic (exact) mass is 301 g/mol. The van der Waals surface area contributed by atoms with Crippen LogP contribution in [0.2, 0.25) is 10.0 Å². The molecule has 1 aromatic carbocycles. The van der Waals surface area contributed by atoms with E-state index in [9.17, 15) is 4.79 Å². The van der Waals surface area contributed by atoms with Crippen molar-refractivity contribution in [2.75, 3.05) is 0 Å². The summed E-state index contributed by atoms with van der Waals surface area (Å²) in [7, 11) is 0. The zero-order chi connectivity index (χ0) is 13.8. The summed E-state index contributed by atoms with van der Waals surface area (Å²) in [6, 6.07) is 5.21. The molecule has 0 saturated heterocycles. The van der Waals surface area contributed by atoms with Crippen molar-refractivity contribution < 1.29 is 9.53 Å². The van der Waals surface area contributed by atoms with Crippen LogP contribution in [0.15, 0.2) is 18.2 Å². The lowest BCUT2D eigenvalue weighted by molar-refractivity contribution is -0.127. The van der Waals surface area contributed by atoms with Crippen molar-refractivity contribution in [3.05, 3.63) is 28.2 Å². The second kappa shape index (κ2) is 6.49. The minimum atomic E-state index is -0.560. The van der Waals surface area contributed by atoms with E-state index in [0.29, 0.717) is 21.8 Å². The fourth-order valence-electron chi connectivity index (χ4n) is 2.24. The fourth-order valence-corrected chi connectivity index (χ4v) is 2.75. The Labute approximate surface area is 123 Å². The summed E-state index contributed by atoms with van der Waals surface area (Å²) < 4.78 is 5.57. The first-order chi connectivity index (χ1) is 9.04. The van der Waals surface area contributed by atoms with Gasteiger partial charge in [0.15, 0.2) is 6.10 Å². The molecule has 0 radical (unpaired) electrons. The molecule has 0 aromatic heterocycles. The molecule has 0 heterocycles. The molecule has 0 aliphatic heterocycles. The van der Waals surface area contributed by atoms with Crippen molar-refractivity contribution in [2.24, 2.45) is 0 Å². The molecule has 19 heavy (non-hydrogen) atoms. The van der Waals surface area contributed by atoms with Gasteiger partial charge in [0.2, 0.25) is 0 Å². The van der Waals surface area contributed by atoms with E-state index in [2.05, 4.69) is 5.32 Å². The number of carbonyl (C=O) groups excluding carboxylic acids is 1. The summed E-state index contributed by atoms with van der Waals surface area (Å²) in [6.07, 6.45) is 3.92. The van der Waals surface area contributed by atoms with Crippen molar-refractivity contribution in [2.45, 2.75) is 44.8 Å². The first kappa shape index (κ1) is 14.5. The van der Waals surface area contributed by atoms with Crippen LogP contribution in [-0.4, -0.2) is 18.1 Å². The molecule has 1 amide bonds. The number of hydrogen-bond acceptors (Lipinski definition) is 2. The number of halogens is 2. The lowest BCUT2D eigenvalue weighted by Crippen LogP contribution is -2.41. The van der Waals surface area contributed by atoms with Crippen molar-refractivity contribution in [1.29, 1.82) is 0 Å². The molecule has 0 bridgehead atoms. The molecule has 1 saturated carbocycles. The average molecular weight is 302 g/mol. The molecule has 3 nitrogen and oxygen atoms in total. The molecule has 1 aliphatic rings. The highest BCUT2D eigenvalue weighted by Crippen LogP contribution is 2.25. The Kier molecular flexibility index (Phi) is 4.94. The summed E-state index contributed by atoms with van der Waals surface area (Å²) in [6.45, 7) is 1.72. The summed E-state index contributed by atoms with van der Waals surface area (Å²) in [4.78, 5) is 12.0. The van der Waals surface area contributed by atoms with E-state index in [1.54, 1.807) is 25.1 Å². The Balaban J connectivity index is 1.91. The van der Waals surface area contributed by atoms with Crippen molar-refractivity contribution in [3.63, 3.8) is 0 Å². The van der Waals surface area contributed by atoms with E-state index in [0.717, 1.165) is 12.8 Å². The van der Waals surface area contributed by atoms with Gasteiger partial charge in [-0.2, -0.15) is 0 Å². The Morgan fingerprint density at radius 1 is 1.26 bits per heavy atom. The van der Waals surface area contributed by atoms with Crippen LogP contribution in [0.4, 0.5) is 0 Å². The first-order valence-electron chi connectivity index (χ1n) is 6.48. The number of nitrogens with one attached hydrogen (secondary N) is 1. The highest BCUT2D eigenvalue weighted by molar-refractivity contribution is 6.34. The van der Waals surface area contributed by atoms with Crippen LogP contribution < -0.4 is 10.1 Å². The van der Waals surface area contributed by atoms with E-state index < -0.39 is 6.10 Å². The van der Waals surface area contributed by atoms with E-state index in [1.165, 1.54) is 12.8 Å². The molecule has 104 valence electrons. The predicted octanol–water partition coefficient (Wildman–Crippen LogP) is 3.82. The zero-order valence-corrected chi connectivity index (χ0v) is 12.3. The normalized spacial score (nSPS) is 17.2. The molecule has 1 atom stereocenters. The summed E-state index contributed by atoms with van der Waals surface area (Å²) >= 11 is 11.8. The van der Waals surface area contributed by atoms with Gasteiger partial charge in [-0.05, 0) is 38.0 Å². The molecule has 5 heteroatoms. The predicted molar refractivity (Wildman–Crippen MR) is 77.0 cm³/mol. The Bertz CT molecular complexity index is 439. The topological polar surface area (TPSA) is 38.3 Å². The first-order valence-corrected chi connectivity index (χ1v) is 7.23. The number of rotatable bonds is 4. The van der Waals surface area contributed by atoms with E-state index in [4.69, 9.17) is 27.9 Å². The minimum absolute atomic E-state index is 0.0944. The summed E-state index contributed by atoms with van der Waals surface area (Å²) in [5, 5.41) is 3.98. The second-order valence-corrected chi connectivity index (χ2v) is 5.73. The average Bonchev–Trinajstić information content (AvgIpc) is 2.80. The van der Waals surface area contributed by atoms with Gasteiger partial charge in [0.1, 0.15) is 5.75 Å². The van der Waals surface area contributed by atoms with Crippen LogP contribution >= 0.6 is 23.2 Å². The van der Waals surface area contributed by atoms with E-state index in [1.807, 2.05) is 0 Å². The third-order valence-electron chi connectivity index (χ3n) is 3.22.